The smallest absolute Gasteiger partial charge is 0.298 e. The van der Waals surface area contributed by atoms with Crippen molar-refractivity contribution in [2.45, 2.75) is 6.92 Å². The Labute approximate surface area is 40.9 Å². The average molecular weight is 100 g/mol. The van der Waals surface area contributed by atoms with Gasteiger partial charge in [-0.05, 0) is 6.92 Å². The minimum Gasteiger partial charge on any atom is -0.298 e. The van der Waals surface area contributed by atoms with Gasteiger partial charge in [0.05, 0.1) is 5.57 Å². The number of carbonyl (C=O) groups is 1. The molecule has 0 unspecified atom stereocenters. The van der Waals surface area contributed by atoms with Crippen molar-refractivity contribution in [3.05, 3.63) is 11.8 Å². The summed E-state index contributed by atoms with van der Waals surface area (Å²) in [7, 11) is 0. The van der Waals surface area contributed by atoms with Crippen LogP contribution in [0, 0.1) is 0 Å². The third-order valence-corrected chi connectivity index (χ3v) is 0.499. The maximum absolute atomic E-state index is 9.55. The molecule has 0 spiro atoms. The largest absolute Gasteiger partial charge is 0.385 e. The monoisotopic (exact) mass is 100 g/mol. The van der Waals surface area contributed by atoms with Gasteiger partial charge in [0.25, 0.3) is 0 Å². The molecule has 3 nitrogen and oxygen atoms in total. The predicted molar refractivity (Wildman–Crippen MR) is 20.1 cm³/mol. The zero-order valence-electron chi connectivity index (χ0n) is 3.80. The summed E-state index contributed by atoms with van der Waals surface area (Å²) >= 11 is 0. The van der Waals surface area contributed by atoms with Gasteiger partial charge in [-0.15, -0.1) is 0 Å². The normalized spacial score (nSPS) is 11.3. The van der Waals surface area contributed by atoms with Crippen LogP contribution in [-0.2, 0) is 15.0 Å². The van der Waals surface area contributed by atoms with Gasteiger partial charge in [-0.1, -0.05) is 0 Å². The summed E-state index contributed by atoms with van der Waals surface area (Å²) in [5.74, 6) is -1.41. The third-order valence-electron chi connectivity index (χ3n) is 0.499. The summed E-state index contributed by atoms with van der Waals surface area (Å²) in [4.78, 5) is 9.55. The van der Waals surface area contributed by atoms with E-state index < -0.39 is 5.97 Å². The van der Waals surface area contributed by atoms with Crippen molar-refractivity contribution in [1.29, 1.82) is 0 Å². The highest BCUT2D eigenvalue weighted by molar-refractivity contribution is 5.84. The Morgan fingerprint density at radius 2 is 2.00 bits per heavy atom. The summed E-state index contributed by atoms with van der Waals surface area (Å²) < 4.78 is 0. The number of hydrogen-bond donors (Lipinski definition) is 0. The van der Waals surface area contributed by atoms with Crippen LogP contribution in [0.3, 0.4) is 0 Å². The van der Waals surface area contributed by atoms with Crippen LogP contribution in [0.15, 0.2) is 11.8 Å². The minimum atomic E-state index is -1.41. The van der Waals surface area contributed by atoms with E-state index in [1.54, 1.807) is 0 Å². The molecule has 0 aliphatic heterocycles. The van der Waals surface area contributed by atoms with Crippen LogP contribution in [-0.4, -0.2) is 5.97 Å². The van der Waals surface area contributed by atoms with Gasteiger partial charge in [0.15, 0.2) is 6.26 Å². The van der Waals surface area contributed by atoms with Gasteiger partial charge >= 0.3 is 5.97 Å². The molecule has 0 amide bonds. The zero-order chi connectivity index (χ0) is 5.86. The van der Waals surface area contributed by atoms with E-state index in [4.69, 9.17) is 0 Å². The standard InChI is InChI=1S/C4H4O3/c1-3(2-5)4(6)7/h2H,1H3. The summed E-state index contributed by atoms with van der Waals surface area (Å²) in [6.07, 6.45) is 0.245. The average Bonchev–Trinajstić information content (AvgIpc) is 1.65. The molecule has 0 aromatic heterocycles. The first-order chi connectivity index (χ1) is 3.18. The molecule has 0 fully saturated rings. The van der Waals surface area contributed by atoms with Crippen molar-refractivity contribution in [2.75, 3.05) is 0 Å². The van der Waals surface area contributed by atoms with E-state index in [0.29, 0.717) is 0 Å². The van der Waals surface area contributed by atoms with E-state index in [0.717, 1.165) is 0 Å². The molecule has 0 rings (SSSR count). The van der Waals surface area contributed by atoms with Crippen molar-refractivity contribution in [3.63, 3.8) is 0 Å². The lowest BCUT2D eigenvalue weighted by Gasteiger charge is -1.76. The van der Waals surface area contributed by atoms with Gasteiger partial charge in [0.1, 0.15) is 0 Å². The summed E-state index contributed by atoms with van der Waals surface area (Å²) in [6.45, 7) is 1.18. The van der Waals surface area contributed by atoms with E-state index in [9.17, 15) is 15.0 Å². The molecule has 0 bridgehead atoms. The van der Waals surface area contributed by atoms with E-state index in [1.807, 2.05) is 0 Å². The second kappa shape index (κ2) is 2.23. The highest BCUT2D eigenvalue weighted by Gasteiger charge is 2.00. The van der Waals surface area contributed by atoms with Crippen LogP contribution >= 0.6 is 0 Å². The second-order valence-electron chi connectivity index (χ2n) is 1.09. The van der Waals surface area contributed by atoms with Crippen LogP contribution in [0.25, 0.3) is 0 Å². The predicted octanol–water partition coefficient (Wildman–Crippen LogP) is 0.278. The van der Waals surface area contributed by atoms with Gasteiger partial charge in [-0.25, -0.2) is 9.90 Å². The number of hydrogen-bond acceptors (Lipinski definition) is 1. The first-order valence-electron chi connectivity index (χ1n) is 1.68. The van der Waals surface area contributed by atoms with E-state index >= 15 is 0 Å². The van der Waals surface area contributed by atoms with Crippen LogP contribution in [0.2, 0.25) is 0 Å². The first kappa shape index (κ1) is 6.01. The fourth-order valence-electron chi connectivity index (χ4n) is 0.0481. The number of rotatable bonds is 1. The quantitative estimate of drug-likeness (QED) is 0.345. The van der Waals surface area contributed by atoms with Crippen molar-refractivity contribution >= 4 is 5.97 Å². The van der Waals surface area contributed by atoms with E-state index in [1.165, 1.54) is 6.92 Å². The van der Waals surface area contributed by atoms with Crippen molar-refractivity contribution in [3.8, 4) is 0 Å². The summed E-state index contributed by atoms with van der Waals surface area (Å²) in [5.41, 5.74) is -0.278. The van der Waals surface area contributed by atoms with Crippen molar-refractivity contribution in [1.82, 2.24) is 0 Å². The Balaban J connectivity index is 3.82. The highest BCUT2D eigenvalue weighted by atomic mass is 16.4. The highest BCUT2D eigenvalue weighted by Crippen LogP contribution is 1.87. The minimum absolute atomic E-state index is 0.245. The van der Waals surface area contributed by atoms with Crippen molar-refractivity contribution in [2.24, 2.45) is 0 Å². The Hall–Kier alpha value is -0.990. The summed E-state index contributed by atoms with van der Waals surface area (Å²) in [6, 6.07) is 0. The SMILES string of the molecule is CC(=C[O])C([O])=O. The molecule has 0 atom stereocenters. The van der Waals surface area contributed by atoms with Gasteiger partial charge in [0.2, 0.25) is 0 Å². The first-order valence-corrected chi connectivity index (χ1v) is 1.68. The molecule has 0 heterocycles. The molecule has 7 heavy (non-hydrogen) atoms. The summed E-state index contributed by atoms with van der Waals surface area (Å²) in [5, 5.41) is 19.0. The lowest BCUT2D eigenvalue weighted by Crippen LogP contribution is -1.91. The molecular formula is C4H4O3. The fourth-order valence-corrected chi connectivity index (χ4v) is 0.0481. The lowest BCUT2D eigenvalue weighted by molar-refractivity contribution is -0.138. The van der Waals surface area contributed by atoms with Crippen LogP contribution in [0.4, 0.5) is 0 Å². The Morgan fingerprint density at radius 1 is 1.57 bits per heavy atom. The van der Waals surface area contributed by atoms with Gasteiger partial charge < -0.3 is 0 Å². The van der Waals surface area contributed by atoms with Gasteiger partial charge in [0, 0.05) is 0 Å². The Morgan fingerprint density at radius 3 is 2.00 bits per heavy atom. The molecule has 3 heteroatoms. The molecule has 38 valence electrons. The topological polar surface area (TPSA) is 56.9 Å². The maximum atomic E-state index is 9.55. The number of carbonyl (C=O) groups excluding carboxylic acids is 1. The fraction of sp³-hybridized carbons (Fsp3) is 0.250. The second-order valence-corrected chi connectivity index (χ2v) is 1.09. The van der Waals surface area contributed by atoms with Gasteiger partial charge in [-0.3, -0.25) is 5.11 Å². The third kappa shape index (κ3) is 1.81. The van der Waals surface area contributed by atoms with Crippen LogP contribution in [0.5, 0.6) is 0 Å². The Kier molecular flexibility index (Phi) is 1.91. The van der Waals surface area contributed by atoms with E-state index in [2.05, 4.69) is 0 Å². The maximum Gasteiger partial charge on any atom is 0.385 e. The molecule has 0 saturated carbocycles. The van der Waals surface area contributed by atoms with E-state index in [-0.39, 0.29) is 11.8 Å². The molecule has 2 radical (unpaired) electrons. The van der Waals surface area contributed by atoms with Crippen molar-refractivity contribution < 1.29 is 15.0 Å². The molecule has 0 saturated heterocycles. The lowest BCUT2D eigenvalue weighted by atomic mass is 10.4. The molecule has 0 N–H and O–H groups in total. The molecule has 0 aromatic rings. The van der Waals surface area contributed by atoms with Crippen LogP contribution in [0.1, 0.15) is 6.92 Å². The zero-order valence-corrected chi connectivity index (χ0v) is 3.80. The molecule has 0 aromatic carbocycles. The molecule has 0 aliphatic rings. The molecule has 0 aliphatic carbocycles. The molecular weight excluding hydrogens is 96.0 g/mol. The van der Waals surface area contributed by atoms with Gasteiger partial charge in [-0.2, -0.15) is 0 Å². The van der Waals surface area contributed by atoms with Crippen LogP contribution < -0.4 is 0 Å². The Bertz CT molecular complexity index is 104.